The van der Waals surface area contributed by atoms with Crippen LogP contribution in [0.25, 0.3) is 0 Å². The molecule has 0 atom stereocenters. The van der Waals surface area contributed by atoms with E-state index in [1.54, 1.807) is 0 Å². The van der Waals surface area contributed by atoms with E-state index < -0.39 is 17.2 Å². The number of oxazole rings is 1. The van der Waals surface area contributed by atoms with E-state index in [9.17, 15) is 6.80 Å². The molecule has 1 rings (SSSR count). The van der Waals surface area contributed by atoms with Crippen LogP contribution in [-0.4, -0.2) is 9.30 Å². The van der Waals surface area contributed by atoms with Crippen molar-refractivity contribution in [3.8, 4) is 0 Å². The molecule has 2 N–H and O–H groups in total. The first-order valence-corrected chi connectivity index (χ1v) is 5.95. The molecular weight excluding hydrogens is 284 g/mol. The maximum atomic E-state index is 10.0. The SMILES string of the molecule is NC(=S)[S-].[O]=[Mo+](=[O])[c]1ncco1. The van der Waals surface area contributed by atoms with E-state index in [4.69, 9.17) is 0 Å². The van der Waals surface area contributed by atoms with Crippen LogP contribution in [0.15, 0.2) is 16.9 Å². The van der Waals surface area contributed by atoms with Crippen molar-refractivity contribution in [2.45, 2.75) is 0 Å². The second-order valence-corrected chi connectivity index (χ2v) is 4.50. The summed E-state index contributed by atoms with van der Waals surface area (Å²) >= 11 is 4.74. The van der Waals surface area contributed by atoms with E-state index in [1.165, 1.54) is 12.5 Å². The van der Waals surface area contributed by atoms with E-state index >= 15 is 0 Å². The van der Waals surface area contributed by atoms with Gasteiger partial charge in [0.1, 0.15) is 0 Å². The molecule has 1 aromatic rings. The normalized spacial score (nSPS) is 8.00. The van der Waals surface area contributed by atoms with Gasteiger partial charge in [0.15, 0.2) is 0 Å². The molecular formula is C4H4MoN2O3S2. The van der Waals surface area contributed by atoms with Crippen molar-refractivity contribution in [1.29, 1.82) is 0 Å². The van der Waals surface area contributed by atoms with Gasteiger partial charge in [0.2, 0.25) is 0 Å². The van der Waals surface area contributed by atoms with Crippen molar-refractivity contribution in [3.63, 3.8) is 0 Å². The Morgan fingerprint density at radius 3 is 2.42 bits per heavy atom. The first-order valence-electron chi connectivity index (χ1n) is 2.49. The molecule has 0 amide bonds. The van der Waals surface area contributed by atoms with Crippen molar-refractivity contribution in [2.75, 3.05) is 0 Å². The van der Waals surface area contributed by atoms with Gasteiger partial charge in [-0.3, -0.25) is 0 Å². The molecule has 0 saturated carbocycles. The van der Waals surface area contributed by atoms with Gasteiger partial charge in [-0.1, -0.05) is 4.32 Å². The Morgan fingerprint density at radius 1 is 1.75 bits per heavy atom. The van der Waals surface area contributed by atoms with Crippen LogP contribution in [0.2, 0.25) is 0 Å². The summed E-state index contributed by atoms with van der Waals surface area (Å²) in [7, 11) is 0. The van der Waals surface area contributed by atoms with Crippen molar-refractivity contribution < 1.29 is 28.4 Å². The summed E-state index contributed by atoms with van der Waals surface area (Å²) in [6.45, 7) is 0. The third kappa shape index (κ3) is 6.33. The molecule has 0 fully saturated rings. The quantitative estimate of drug-likeness (QED) is 0.419. The van der Waals surface area contributed by atoms with Crippen LogP contribution >= 0.6 is 12.2 Å². The molecule has 0 bridgehead atoms. The molecule has 0 saturated heterocycles. The Hall–Kier alpha value is -0.392. The van der Waals surface area contributed by atoms with E-state index in [1.807, 2.05) is 0 Å². The monoisotopic (exact) mass is 290 g/mol. The van der Waals surface area contributed by atoms with E-state index in [2.05, 4.69) is 40.0 Å². The Kier molecular flexibility index (Phi) is 5.96. The van der Waals surface area contributed by atoms with Gasteiger partial charge in [-0.15, -0.1) is 0 Å². The standard InChI is InChI=1S/C3H2NO.CH3NS2.Mo.2O/c1-2-5-3-4-1;2-1(3)4;;;/h1-2H;(H3,2,3,4);;;/q;;+1;;/p-1. The van der Waals surface area contributed by atoms with Crippen LogP contribution in [0.5, 0.6) is 0 Å². The summed E-state index contributed by atoms with van der Waals surface area (Å²) < 4.78 is 24.5. The zero-order valence-electron chi connectivity index (χ0n) is 5.63. The molecule has 0 aliphatic carbocycles. The molecule has 1 heterocycles. The fourth-order valence-corrected chi connectivity index (χ4v) is 0.983. The van der Waals surface area contributed by atoms with Gasteiger partial charge in [0, 0.05) is 0 Å². The zero-order valence-corrected chi connectivity index (χ0v) is 9.27. The summed E-state index contributed by atoms with van der Waals surface area (Å²) in [5.41, 5.74) is 4.66. The Morgan fingerprint density at radius 2 is 2.25 bits per heavy atom. The van der Waals surface area contributed by atoms with E-state index in [-0.39, 0.29) is 8.60 Å². The Bertz CT molecular complexity index is 296. The zero-order chi connectivity index (χ0) is 9.56. The van der Waals surface area contributed by atoms with Gasteiger partial charge in [0.05, 0.1) is 0 Å². The molecule has 0 radical (unpaired) electrons. The minimum atomic E-state index is -3.52. The molecule has 8 heteroatoms. The van der Waals surface area contributed by atoms with Gasteiger partial charge >= 0.3 is 50.2 Å². The number of nitrogens with two attached hydrogens (primary N) is 1. The van der Waals surface area contributed by atoms with Gasteiger partial charge in [-0.25, -0.2) is 0 Å². The van der Waals surface area contributed by atoms with Crippen LogP contribution in [0.4, 0.5) is 0 Å². The second kappa shape index (κ2) is 6.16. The molecule has 0 aliphatic rings. The topological polar surface area (TPSA) is 86.2 Å². The fraction of sp³-hybridized carbons (Fsp3) is 0. The number of aromatic nitrogens is 1. The van der Waals surface area contributed by atoms with Crippen LogP contribution in [0, 0.1) is 0 Å². The van der Waals surface area contributed by atoms with Crippen LogP contribution in [-0.2, 0) is 36.7 Å². The number of hydrogen-bond acceptors (Lipinski definition) is 6. The minimum absolute atomic E-state index is 0.0833. The predicted molar refractivity (Wildman–Crippen MR) is 41.7 cm³/mol. The average molecular weight is 288 g/mol. The molecule has 66 valence electrons. The van der Waals surface area contributed by atoms with Crippen LogP contribution in [0.3, 0.4) is 0 Å². The molecule has 12 heavy (non-hydrogen) atoms. The second-order valence-electron chi connectivity index (χ2n) is 1.35. The van der Waals surface area contributed by atoms with Gasteiger partial charge in [-0.2, -0.15) is 0 Å². The van der Waals surface area contributed by atoms with Crippen molar-refractivity contribution >= 4 is 33.4 Å². The molecule has 0 unspecified atom stereocenters. The first kappa shape index (κ1) is 11.6. The Balaban J connectivity index is 0.000000261. The van der Waals surface area contributed by atoms with Crippen LogP contribution in [0.1, 0.15) is 0 Å². The molecule has 0 aliphatic heterocycles. The maximum absolute atomic E-state index is 10.0. The number of rotatable bonds is 1. The summed E-state index contributed by atoms with van der Waals surface area (Å²) in [5, 5.41) is 0. The Labute approximate surface area is 84.9 Å². The first-order chi connectivity index (χ1) is 5.54. The van der Waals surface area contributed by atoms with Gasteiger partial charge in [0.25, 0.3) is 0 Å². The van der Waals surface area contributed by atoms with Crippen molar-refractivity contribution in [1.82, 2.24) is 4.98 Å². The van der Waals surface area contributed by atoms with E-state index in [0.717, 1.165) is 0 Å². The van der Waals surface area contributed by atoms with Crippen molar-refractivity contribution in [3.05, 3.63) is 12.5 Å². The summed E-state index contributed by atoms with van der Waals surface area (Å²) in [6, 6.07) is 0. The molecule has 0 spiro atoms. The number of thiocarbonyl (C=S) groups is 1. The summed E-state index contributed by atoms with van der Waals surface area (Å²) in [5.74, 6) is 0. The molecule has 0 aromatic carbocycles. The van der Waals surface area contributed by atoms with Crippen molar-refractivity contribution in [2.24, 2.45) is 5.73 Å². The summed E-state index contributed by atoms with van der Waals surface area (Å²) in [6.07, 6.45) is 2.54. The third-order valence-corrected chi connectivity index (χ3v) is 1.75. The third-order valence-electron chi connectivity index (χ3n) is 0.552. The van der Waals surface area contributed by atoms with Crippen LogP contribution < -0.4 is 10.0 Å². The number of nitrogens with zero attached hydrogens (tertiary/aromatic N) is 1. The summed E-state index contributed by atoms with van der Waals surface area (Å²) in [4.78, 5) is 3.40. The average Bonchev–Trinajstić information content (AvgIpc) is 2.34. The predicted octanol–water partition coefficient (Wildman–Crippen LogP) is -0.614. The number of hydrogen-bond donors (Lipinski definition) is 1. The van der Waals surface area contributed by atoms with Gasteiger partial charge < -0.3 is 30.6 Å². The molecule has 1 aromatic heterocycles. The van der Waals surface area contributed by atoms with E-state index in [0.29, 0.717) is 0 Å². The molecule has 5 nitrogen and oxygen atoms in total. The van der Waals surface area contributed by atoms with Gasteiger partial charge in [-0.05, 0) is 0 Å². The fourth-order valence-electron chi connectivity index (χ4n) is 0.293.